The molecule has 0 heterocycles. The maximum atomic E-state index is 10.7. The summed E-state index contributed by atoms with van der Waals surface area (Å²) in [5.74, 6) is 0. The molecule has 2 heteroatoms. The van der Waals surface area contributed by atoms with Gasteiger partial charge in [-0.3, -0.25) is 4.79 Å². The average molecular weight is 207 g/mol. The Balaban J connectivity index is 2.40. The summed E-state index contributed by atoms with van der Waals surface area (Å²) >= 11 is 5.85. The van der Waals surface area contributed by atoms with Gasteiger partial charge in [-0.2, -0.15) is 0 Å². The second kappa shape index (κ2) is 3.97. The molecule has 0 atom stereocenters. The maximum absolute atomic E-state index is 10.7. The van der Waals surface area contributed by atoms with E-state index in [-0.39, 0.29) is 0 Å². The van der Waals surface area contributed by atoms with Crippen LogP contribution in [0.15, 0.2) is 24.3 Å². The molecule has 0 spiro atoms. The van der Waals surface area contributed by atoms with Crippen LogP contribution in [0.4, 0.5) is 0 Å². The van der Waals surface area contributed by atoms with Crippen molar-refractivity contribution < 1.29 is 4.79 Å². The van der Waals surface area contributed by atoms with Gasteiger partial charge in [0.1, 0.15) is 0 Å². The van der Waals surface area contributed by atoms with Crippen molar-refractivity contribution in [3.05, 3.63) is 40.4 Å². The van der Waals surface area contributed by atoms with Crippen LogP contribution in [0.2, 0.25) is 5.02 Å². The van der Waals surface area contributed by atoms with Gasteiger partial charge in [-0.1, -0.05) is 23.7 Å². The summed E-state index contributed by atoms with van der Waals surface area (Å²) in [6, 6.07) is 5.64. The minimum absolute atomic E-state index is 0.530. The van der Waals surface area contributed by atoms with Crippen LogP contribution in [0.25, 0.3) is 5.57 Å². The molecule has 1 aliphatic carbocycles. The van der Waals surface area contributed by atoms with Gasteiger partial charge in [-0.15, -0.1) is 0 Å². The van der Waals surface area contributed by atoms with Crippen LogP contribution < -0.4 is 0 Å². The van der Waals surface area contributed by atoms with Gasteiger partial charge >= 0.3 is 0 Å². The lowest BCUT2D eigenvalue weighted by Gasteiger charge is -2.03. The first-order valence-corrected chi connectivity index (χ1v) is 5.13. The van der Waals surface area contributed by atoms with Crippen LogP contribution in [0.3, 0.4) is 0 Å². The standard InChI is InChI=1S/C12H11ClO/c13-12-6-5-10(7-11(12)8-14)9-3-1-2-4-9/h3,5-8H,1-2,4H2. The van der Waals surface area contributed by atoms with Crippen molar-refractivity contribution in [3.63, 3.8) is 0 Å². The molecule has 0 amide bonds. The first-order valence-electron chi connectivity index (χ1n) is 4.75. The van der Waals surface area contributed by atoms with Gasteiger partial charge in [-0.25, -0.2) is 0 Å². The maximum Gasteiger partial charge on any atom is 0.151 e. The third-order valence-electron chi connectivity index (χ3n) is 2.53. The number of hydrogen-bond donors (Lipinski definition) is 0. The summed E-state index contributed by atoms with van der Waals surface area (Å²) in [5.41, 5.74) is 3.05. The highest BCUT2D eigenvalue weighted by Crippen LogP contribution is 2.29. The van der Waals surface area contributed by atoms with E-state index in [0.717, 1.165) is 24.7 Å². The molecule has 0 saturated heterocycles. The van der Waals surface area contributed by atoms with Gasteiger partial charge in [0.15, 0.2) is 6.29 Å². The van der Waals surface area contributed by atoms with Gasteiger partial charge in [-0.05, 0) is 42.5 Å². The second-order valence-electron chi connectivity index (χ2n) is 3.48. The first kappa shape index (κ1) is 9.47. The fourth-order valence-electron chi connectivity index (χ4n) is 1.77. The summed E-state index contributed by atoms with van der Waals surface area (Å²) in [4.78, 5) is 10.7. The molecule has 0 N–H and O–H groups in total. The Kier molecular flexibility index (Phi) is 2.69. The van der Waals surface area contributed by atoms with E-state index in [2.05, 4.69) is 6.08 Å². The Bertz CT molecular complexity index is 393. The van der Waals surface area contributed by atoms with Crippen molar-refractivity contribution in [2.75, 3.05) is 0 Å². The van der Waals surface area contributed by atoms with Crippen molar-refractivity contribution in [3.8, 4) is 0 Å². The molecule has 0 bridgehead atoms. The summed E-state index contributed by atoms with van der Waals surface area (Å²) in [6.07, 6.45) is 6.52. The molecule has 0 fully saturated rings. The molecule has 0 aromatic heterocycles. The van der Waals surface area contributed by atoms with Crippen LogP contribution in [0.5, 0.6) is 0 Å². The van der Waals surface area contributed by atoms with E-state index >= 15 is 0 Å². The molecule has 0 radical (unpaired) electrons. The molecule has 1 nitrogen and oxygen atoms in total. The Morgan fingerprint density at radius 1 is 1.36 bits per heavy atom. The predicted molar refractivity (Wildman–Crippen MR) is 58.7 cm³/mol. The zero-order valence-electron chi connectivity index (χ0n) is 7.79. The van der Waals surface area contributed by atoms with Crippen molar-refractivity contribution in [1.82, 2.24) is 0 Å². The van der Waals surface area contributed by atoms with Crippen LogP contribution in [0.1, 0.15) is 35.2 Å². The molecule has 2 rings (SSSR count). The lowest BCUT2D eigenvalue weighted by Crippen LogP contribution is -1.86. The number of aldehydes is 1. The largest absolute Gasteiger partial charge is 0.298 e. The highest BCUT2D eigenvalue weighted by atomic mass is 35.5. The summed E-state index contributed by atoms with van der Waals surface area (Å²) in [6.45, 7) is 0. The summed E-state index contributed by atoms with van der Waals surface area (Å²) in [5, 5.41) is 0.530. The van der Waals surface area contributed by atoms with E-state index in [1.165, 1.54) is 12.0 Å². The zero-order chi connectivity index (χ0) is 9.97. The highest BCUT2D eigenvalue weighted by molar-refractivity contribution is 6.33. The van der Waals surface area contributed by atoms with Crippen LogP contribution in [-0.4, -0.2) is 6.29 Å². The molecule has 14 heavy (non-hydrogen) atoms. The quantitative estimate of drug-likeness (QED) is 0.674. The van der Waals surface area contributed by atoms with E-state index in [4.69, 9.17) is 11.6 Å². The minimum atomic E-state index is 0.530. The third kappa shape index (κ3) is 1.73. The number of rotatable bonds is 2. The number of carbonyl (C=O) groups excluding carboxylic acids is 1. The Morgan fingerprint density at radius 3 is 2.86 bits per heavy atom. The normalized spacial score (nSPS) is 15.4. The molecule has 0 saturated carbocycles. The smallest absolute Gasteiger partial charge is 0.151 e. The monoisotopic (exact) mass is 206 g/mol. The molecule has 1 aromatic carbocycles. The number of halogens is 1. The van der Waals surface area contributed by atoms with Crippen LogP contribution in [-0.2, 0) is 0 Å². The third-order valence-corrected chi connectivity index (χ3v) is 2.88. The molecule has 1 aromatic rings. The Hall–Kier alpha value is -1.08. The molecule has 72 valence electrons. The van der Waals surface area contributed by atoms with Gasteiger partial charge in [0, 0.05) is 5.56 Å². The Labute approximate surface area is 88.4 Å². The fraction of sp³-hybridized carbons (Fsp3) is 0.250. The number of allylic oxidation sites excluding steroid dienone is 2. The van der Waals surface area contributed by atoms with Crippen molar-refractivity contribution in [2.45, 2.75) is 19.3 Å². The lowest BCUT2D eigenvalue weighted by molar-refractivity contribution is 0.112. The summed E-state index contributed by atoms with van der Waals surface area (Å²) < 4.78 is 0. The van der Waals surface area contributed by atoms with E-state index in [1.54, 1.807) is 6.07 Å². The van der Waals surface area contributed by atoms with E-state index in [0.29, 0.717) is 10.6 Å². The van der Waals surface area contributed by atoms with Crippen LogP contribution >= 0.6 is 11.6 Å². The van der Waals surface area contributed by atoms with Gasteiger partial charge in [0.05, 0.1) is 5.02 Å². The molecule has 1 aliphatic rings. The van der Waals surface area contributed by atoms with E-state index in [9.17, 15) is 4.79 Å². The predicted octanol–water partition coefficient (Wildman–Crippen LogP) is 3.72. The van der Waals surface area contributed by atoms with Crippen molar-refractivity contribution >= 4 is 23.5 Å². The fourth-order valence-corrected chi connectivity index (χ4v) is 1.93. The number of benzene rings is 1. The van der Waals surface area contributed by atoms with Crippen molar-refractivity contribution in [1.29, 1.82) is 0 Å². The topological polar surface area (TPSA) is 17.1 Å². The highest BCUT2D eigenvalue weighted by Gasteiger charge is 2.08. The minimum Gasteiger partial charge on any atom is -0.298 e. The first-order chi connectivity index (χ1) is 6.81. The van der Waals surface area contributed by atoms with Gasteiger partial charge < -0.3 is 0 Å². The zero-order valence-corrected chi connectivity index (χ0v) is 8.55. The van der Waals surface area contributed by atoms with Crippen molar-refractivity contribution in [2.24, 2.45) is 0 Å². The number of carbonyl (C=O) groups is 1. The molecule has 0 unspecified atom stereocenters. The Morgan fingerprint density at radius 2 is 2.21 bits per heavy atom. The average Bonchev–Trinajstić information content (AvgIpc) is 2.71. The summed E-state index contributed by atoms with van der Waals surface area (Å²) in [7, 11) is 0. The lowest BCUT2D eigenvalue weighted by atomic mass is 10.0. The molecular formula is C12H11ClO. The van der Waals surface area contributed by atoms with Crippen LogP contribution in [0, 0.1) is 0 Å². The van der Waals surface area contributed by atoms with E-state index < -0.39 is 0 Å². The SMILES string of the molecule is O=Cc1cc(C2=CCCC2)ccc1Cl. The number of hydrogen-bond acceptors (Lipinski definition) is 1. The van der Waals surface area contributed by atoms with Gasteiger partial charge in [0.25, 0.3) is 0 Å². The van der Waals surface area contributed by atoms with E-state index in [1.807, 2.05) is 12.1 Å². The molecular weight excluding hydrogens is 196 g/mol. The van der Waals surface area contributed by atoms with Gasteiger partial charge in [0.2, 0.25) is 0 Å². The second-order valence-corrected chi connectivity index (χ2v) is 3.88. The molecule has 0 aliphatic heterocycles.